The van der Waals surface area contributed by atoms with Crippen molar-refractivity contribution in [1.29, 1.82) is 0 Å². The number of hydrogen-bond donors (Lipinski definition) is 2. The van der Waals surface area contributed by atoms with Gasteiger partial charge in [0.1, 0.15) is 6.04 Å². The molecule has 3 heterocycles. The summed E-state index contributed by atoms with van der Waals surface area (Å²) in [5.74, 6) is -0.763. The van der Waals surface area contributed by atoms with Crippen molar-refractivity contribution in [1.82, 2.24) is 19.9 Å². The lowest BCUT2D eigenvalue weighted by Crippen LogP contribution is -2.53. The van der Waals surface area contributed by atoms with Crippen LogP contribution in [0.15, 0.2) is 46.2 Å². The Morgan fingerprint density at radius 2 is 1.92 bits per heavy atom. The molecular weight excluding hydrogens is 512 g/mol. The van der Waals surface area contributed by atoms with Crippen molar-refractivity contribution in [3.8, 4) is 0 Å². The second-order valence-corrected chi connectivity index (χ2v) is 12.6. The number of pyridine rings is 1. The number of nitrogens with one attached hydrogen (secondary N) is 2. The van der Waals surface area contributed by atoms with E-state index in [1.165, 1.54) is 34.3 Å². The van der Waals surface area contributed by atoms with E-state index in [0.717, 1.165) is 25.7 Å². The topological polar surface area (TPSA) is 126 Å². The first-order valence-electron chi connectivity index (χ1n) is 12.8. The normalized spacial score (nSPS) is 22.7. The molecule has 0 spiro atoms. The van der Waals surface area contributed by atoms with Crippen molar-refractivity contribution in [3.05, 3.63) is 46.8 Å². The molecule has 200 valence electrons. The molecule has 37 heavy (non-hydrogen) atoms. The Bertz CT molecular complexity index is 1180. The summed E-state index contributed by atoms with van der Waals surface area (Å²) in [6.45, 7) is 1.41. The van der Waals surface area contributed by atoms with Gasteiger partial charge in [0.15, 0.2) is 10.8 Å². The lowest BCUT2D eigenvalue weighted by atomic mass is 9.84. The SMILES string of the molecule is CC1CCC(NC(=O)C(CC2CCCCC2)NC(=O)c2ccsc2)C(=O)CN1S(=O)(=O)c1ccccn1. The smallest absolute Gasteiger partial charge is 0.261 e. The van der Waals surface area contributed by atoms with Gasteiger partial charge >= 0.3 is 0 Å². The first-order valence-corrected chi connectivity index (χ1v) is 15.2. The first kappa shape index (κ1) is 27.4. The molecule has 9 nitrogen and oxygen atoms in total. The third-order valence-corrected chi connectivity index (χ3v) is 9.85. The number of nitrogens with zero attached hydrogens (tertiary/aromatic N) is 2. The average molecular weight is 547 g/mol. The number of amides is 2. The Kier molecular flexibility index (Phi) is 9.09. The minimum Gasteiger partial charge on any atom is -0.344 e. The molecule has 2 aliphatic rings. The molecule has 0 aromatic carbocycles. The van der Waals surface area contributed by atoms with Crippen LogP contribution in [-0.2, 0) is 19.6 Å². The van der Waals surface area contributed by atoms with Gasteiger partial charge in [-0.25, -0.2) is 13.4 Å². The predicted molar refractivity (Wildman–Crippen MR) is 141 cm³/mol. The van der Waals surface area contributed by atoms with Crippen LogP contribution in [0.2, 0.25) is 0 Å². The van der Waals surface area contributed by atoms with Gasteiger partial charge in [0.25, 0.3) is 15.9 Å². The van der Waals surface area contributed by atoms with Gasteiger partial charge in [-0.1, -0.05) is 38.2 Å². The highest BCUT2D eigenvalue weighted by Gasteiger charge is 2.38. The summed E-state index contributed by atoms with van der Waals surface area (Å²) < 4.78 is 27.5. The fourth-order valence-electron chi connectivity index (χ4n) is 5.12. The summed E-state index contributed by atoms with van der Waals surface area (Å²) in [6.07, 6.45) is 8.05. The van der Waals surface area contributed by atoms with Crippen molar-refractivity contribution in [2.75, 3.05) is 6.54 Å². The van der Waals surface area contributed by atoms with E-state index < -0.39 is 34.1 Å². The molecule has 2 aromatic heterocycles. The highest BCUT2D eigenvalue weighted by atomic mass is 32.2. The van der Waals surface area contributed by atoms with Gasteiger partial charge in [-0.15, -0.1) is 0 Å². The molecular formula is C26H34N4O5S2. The summed E-state index contributed by atoms with van der Waals surface area (Å²) >= 11 is 1.41. The van der Waals surface area contributed by atoms with Crippen molar-refractivity contribution >= 4 is 39.0 Å². The van der Waals surface area contributed by atoms with Crippen LogP contribution in [0, 0.1) is 5.92 Å². The third kappa shape index (κ3) is 6.82. The number of aromatic nitrogens is 1. The van der Waals surface area contributed by atoms with E-state index in [0.29, 0.717) is 30.7 Å². The zero-order chi connectivity index (χ0) is 26.4. The van der Waals surface area contributed by atoms with E-state index in [1.807, 2.05) is 0 Å². The molecule has 1 saturated carbocycles. The number of carbonyl (C=O) groups is 3. The van der Waals surface area contributed by atoms with Gasteiger partial charge in [-0.2, -0.15) is 15.6 Å². The minimum absolute atomic E-state index is 0.110. The van der Waals surface area contributed by atoms with Gasteiger partial charge < -0.3 is 10.6 Å². The molecule has 4 rings (SSSR count). The van der Waals surface area contributed by atoms with Crippen molar-refractivity contribution in [3.63, 3.8) is 0 Å². The number of Topliss-reactive ketones (excluding diaryl/α,β-unsaturated/α-hetero) is 1. The van der Waals surface area contributed by atoms with Crippen molar-refractivity contribution in [2.45, 2.75) is 81.4 Å². The minimum atomic E-state index is -3.96. The molecule has 3 unspecified atom stereocenters. The monoisotopic (exact) mass is 546 g/mol. The Balaban J connectivity index is 1.46. The lowest BCUT2D eigenvalue weighted by Gasteiger charge is -2.28. The fraction of sp³-hybridized carbons (Fsp3) is 0.538. The van der Waals surface area contributed by atoms with E-state index in [4.69, 9.17) is 0 Å². The number of carbonyl (C=O) groups excluding carboxylic acids is 3. The van der Waals surface area contributed by atoms with Crippen LogP contribution in [0.25, 0.3) is 0 Å². The summed E-state index contributed by atoms with van der Waals surface area (Å²) in [5, 5.41) is 9.15. The molecule has 3 atom stereocenters. The van der Waals surface area contributed by atoms with Gasteiger partial charge in [-0.05, 0) is 55.7 Å². The van der Waals surface area contributed by atoms with Crippen LogP contribution in [-0.4, -0.2) is 60.0 Å². The summed E-state index contributed by atoms with van der Waals surface area (Å²) in [5.41, 5.74) is 0.501. The highest BCUT2D eigenvalue weighted by molar-refractivity contribution is 7.89. The molecule has 1 saturated heterocycles. The molecule has 1 aliphatic heterocycles. The first-order chi connectivity index (χ1) is 17.8. The van der Waals surface area contributed by atoms with E-state index in [2.05, 4.69) is 15.6 Å². The highest BCUT2D eigenvalue weighted by Crippen LogP contribution is 2.28. The molecule has 2 amide bonds. The number of hydrogen-bond acceptors (Lipinski definition) is 7. The maximum atomic E-state index is 13.4. The van der Waals surface area contributed by atoms with E-state index in [1.54, 1.807) is 35.9 Å². The number of thiophene rings is 1. The number of sulfonamides is 1. The van der Waals surface area contributed by atoms with Gasteiger partial charge in [0.2, 0.25) is 5.91 Å². The van der Waals surface area contributed by atoms with E-state index in [-0.39, 0.29) is 23.3 Å². The second-order valence-electron chi connectivity index (χ2n) is 9.95. The Morgan fingerprint density at radius 3 is 2.59 bits per heavy atom. The summed E-state index contributed by atoms with van der Waals surface area (Å²) in [6, 6.07) is 4.30. The largest absolute Gasteiger partial charge is 0.344 e. The van der Waals surface area contributed by atoms with Gasteiger partial charge in [0, 0.05) is 17.6 Å². The van der Waals surface area contributed by atoms with Crippen LogP contribution in [0.5, 0.6) is 0 Å². The Labute approximate surface area is 222 Å². The summed E-state index contributed by atoms with van der Waals surface area (Å²) in [4.78, 5) is 43.3. The quantitative estimate of drug-likeness (QED) is 0.524. The Hall–Kier alpha value is -2.63. The van der Waals surface area contributed by atoms with Crippen molar-refractivity contribution in [2.24, 2.45) is 5.92 Å². The molecule has 1 aliphatic carbocycles. The molecule has 2 aromatic rings. The van der Waals surface area contributed by atoms with Crippen LogP contribution >= 0.6 is 11.3 Å². The van der Waals surface area contributed by atoms with E-state index in [9.17, 15) is 22.8 Å². The molecule has 2 N–H and O–H groups in total. The van der Waals surface area contributed by atoms with Crippen LogP contribution < -0.4 is 10.6 Å². The molecule has 11 heteroatoms. The van der Waals surface area contributed by atoms with E-state index >= 15 is 0 Å². The maximum absolute atomic E-state index is 13.4. The van der Waals surface area contributed by atoms with Crippen LogP contribution in [0.3, 0.4) is 0 Å². The molecule has 2 fully saturated rings. The van der Waals surface area contributed by atoms with Gasteiger partial charge in [-0.3, -0.25) is 14.4 Å². The van der Waals surface area contributed by atoms with Gasteiger partial charge in [0.05, 0.1) is 18.2 Å². The standard InChI is InChI=1S/C26H34N4O5S2/c1-18-10-11-21(23(31)16-30(18)37(34,35)24-9-5-6-13-27-24)28-26(33)22(15-19-7-3-2-4-8-19)29-25(32)20-12-14-36-17-20/h5-6,9,12-14,17-19,21-22H,2-4,7-8,10-11,15-16H2,1H3,(H,28,33)(H,29,32). The maximum Gasteiger partial charge on any atom is 0.261 e. The molecule has 0 radical (unpaired) electrons. The number of rotatable bonds is 8. The summed E-state index contributed by atoms with van der Waals surface area (Å²) in [7, 11) is -3.96. The van der Waals surface area contributed by atoms with Crippen LogP contribution in [0.1, 0.15) is 68.6 Å². The van der Waals surface area contributed by atoms with Crippen LogP contribution in [0.4, 0.5) is 0 Å². The molecule has 0 bridgehead atoms. The second kappa shape index (κ2) is 12.3. The average Bonchev–Trinajstić information content (AvgIpc) is 3.40. The zero-order valence-corrected chi connectivity index (χ0v) is 22.6. The zero-order valence-electron chi connectivity index (χ0n) is 21.0. The number of ketones is 1. The fourth-order valence-corrected chi connectivity index (χ4v) is 7.32. The third-order valence-electron chi connectivity index (χ3n) is 7.29. The Morgan fingerprint density at radius 1 is 1.14 bits per heavy atom. The predicted octanol–water partition coefficient (Wildman–Crippen LogP) is 3.14. The lowest BCUT2D eigenvalue weighted by molar-refractivity contribution is -0.129. The van der Waals surface area contributed by atoms with Crippen molar-refractivity contribution < 1.29 is 22.8 Å².